The maximum Gasteiger partial charge on any atom is 0.254 e. The Balaban J connectivity index is 1.44. The molecule has 0 aromatic heterocycles. The van der Waals surface area contributed by atoms with Crippen LogP contribution in [0.1, 0.15) is 31.8 Å². The number of halogens is 3. The number of amides is 1. The Morgan fingerprint density at radius 1 is 0.750 bits per heavy atom. The number of benzene rings is 3. The van der Waals surface area contributed by atoms with Gasteiger partial charge in [-0.25, -0.2) is 0 Å². The zero-order valence-electron chi connectivity index (χ0n) is 17.2. The Bertz CT molecular complexity index is 1140. The van der Waals surface area contributed by atoms with Crippen LogP contribution >= 0.6 is 34.8 Å². The van der Waals surface area contributed by atoms with Crippen molar-refractivity contribution >= 4 is 46.5 Å². The van der Waals surface area contributed by atoms with Gasteiger partial charge in [-0.2, -0.15) is 0 Å². The first-order valence-electron chi connectivity index (χ1n) is 10.3. The van der Waals surface area contributed by atoms with E-state index in [1.54, 1.807) is 59.5 Å². The van der Waals surface area contributed by atoms with Crippen molar-refractivity contribution in [2.75, 3.05) is 26.2 Å². The Morgan fingerprint density at radius 2 is 1.38 bits per heavy atom. The highest BCUT2D eigenvalue weighted by atomic mass is 35.5. The van der Waals surface area contributed by atoms with Crippen LogP contribution in [-0.2, 0) is 6.54 Å². The standard InChI is InChI=1S/C25H21Cl3N2O2/c26-19-8-5-17(6-9-19)24(31)21-3-1-2-4-22(21)25(32)30-13-11-29(12-14-30)16-18-7-10-20(27)15-23(18)28/h1-10,15H,11-14,16H2. The number of carbonyl (C=O) groups is 2. The highest BCUT2D eigenvalue weighted by Gasteiger charge is 2.26. The monoisotopic (exact) mass is 486 g/mol. The van der Waals surface area contributed by atoms with Crippen molar-refractivity contribution in [3.8, 4) is 0 Å². The molecule has 0 spiro atoms. The molecule has 3 aromatic rings. The van der Waals surface area contributed by atoms with E-state index < -0.39 is 0 Å². The summed E-state index contributed by atoms with van der Waals surface area (Å²) in [6.07, 6.45) is 0. The quantitative estimate of drug-likeness (QED) is 0.425. The van der Waals surface area contributed by atoms with Gasteiger partial charge in [0.1, 0.15) is 0 Å². The summed E-state index contributed by atoms with van der Waals surface area (Å²) >= 11 is 18.2. The number of ketones is 1. The number of piperazine rings is 1. The number of hydrogen-bond acceptors (Lipinski definition) is 3. The molecule has 7 heteroatoms. The van der Waals surface area contributed by atoms with Gasteiger partial charge < -0.3 is 4.90 Å². The molecule has 0 bridgehead atoms. The van der Waals surface area contributed by atoms with Gasteiger partial charge in [0.05, 0.1) is 5.56 Å². The molecule has 0 unspecified atom stereocenters. The molecule has 1 aliphatic heterocycles. The van der Waals surface area contributed by atoms with Gasteiger partial charge in [0.15, 0.2) is 5.78 Å². The average Bonchev–Trinajstić information content (AvgIpc) is 2.81. The van der Waals surface area contributed by atoms with Gasteiger partial charge in [-0.05, 0) is 48.0 Å². The van der Waals surface area contributed by atoms with Crippen LogP contribution in [0.25, 0.3) is 0 Å². The van der Waals surface area contributed by atoms with E-state index >= 15 is 0 Å². The molecule has 164 valence electrons. The van der Waals surface area contributed by atoms with Gasteiger partial charge >= 0.3 is 0 Å². The zero-order valence-corrected chi connectivity index (χ0v) is 19.5. The summed E-state index contributed by atoms with van der Waals surface area (Å²) < 4.78 is 0. The van der Waals surface area contributed by atoms with E-state index in [0.717, 1.165) is 18.7 Å². The summed E-state index contributed by atoms with van der Waals surface area (Å²) in [6.45, 7) is 3.29. The molecule has 0 N–H and O–H groups in total. The minimum atomic E-state index is -0.193. The van der Waals surface area contributed by atoms with Crippen LogP contribution in [0.5, 0.6) is 0 Å². The van der Waals surface area contributed by atoms with Crippen molar-refractivity contribution in [3.05, 3.63) is 104 Å². The van der Waals surface area contributed by atoms with Gasteiger partial charge in [-0.3, -0.25) is 14.5 Å². The number of nitrogens with zero attached hydrogens (tertiary/aromatic N) is 2. The second-order valence-electron chi connectivity index (χ2n) is 7.69. The van der Waals surface area contributed by atoms with Gasteiger partial charge in [-0.1, -0.05) is 59.1 Å². The van der Waals surface area contributed by atoms with E-state index in [2.05, 4.69) is 4.90 Å². The van der Waals surface area contributed by atoms with Crippen molar-refractivity contribution in [1.82, 2.24) is 9.80 Å². The molecular weight excluding hydrogens is 467 g/mol. The van der Waals surface area contributed by atoms with Crippen molar-refractivity contribution in [2.24, 2.45) is 0 Å². The van der Waals surface area contributed by atoms with E-state index in [0.29, 0.717) is 51.4 Å². The molecule has 1 saturated heterocycles. The summed E-state index contributed by atoms with van der Waals surface area (Å²) in [5, 5.41) is 1.82. The highest BCUT2D eigenvalue weighted by Crippen LogP contribution is 2.23. The number of rotatable bonds is 5. The summed E-state index contributed by atoms with van der Waals surface area (Å²) in [5.41, 5.74) is 2.32. The summed E-state index contributed by atoms with van der Waals surface area (Å²) in [6, 6.07) is 19.2. The maximum atomic E-state index is 13.3. The molecule has 0 saturated carbocycles. The molecule has 0 atom stereocenters. The largest absolute Gasteiger partial charge is 0.336 e. The van der Waals surface area contributed by atoms with Crippen molar-refractivity contribution < 1.29 is 9.59 Å². The number of carbonyl (C=O) groups excluding carboxylic acids is 2. The van der Waals surface area contributed by atoms with Crippen LogP contribution in [0, 0.1) is 0 Å². The molecule has 1 amide bonds. The molecule has 1 aliphatic rings. The molecule has 4 rings (SSSR count). The Labute approximate surface area is 202 Å². The van der Waals surface area contributed by atoms with Crippen LogP contribution < -0.4 is 0 Å². The zero-order chi connectivity index (χ0) is 22.7. The molecular formula is C25H21Cl3N2O2. The first-order chi connectivity index (χ1) is 15.4. The molecule has 0 radical (unpaired) electrons. The fraction of sp³-hybridized carbons (Fsp3) is 0.200. The van der Waals surface area contributed by atoms with Crippen LogP contribution in [0.2, 0.25) is 15.1 Å². The lowest BCUT2D eigenvalue weighted by Gasteiger charge is -2.35. The number of hydrogen-bond donors (Lipinski definition) is 0. The minimum Gasteiger partial charge on any atom is -0.336 e. The third kappa shape index (κ3) is 5.16. The lowest BCUT2D eigenvalue weighted by atomic mass is 9.97. The Morgan fingerprint density at radius 3 is 2.03 bits per heavy atom. The fourth-order valence-electron chi connectivity index (χ4n) is 3.79. The predicted octanol–water partition coefficient (Wildman–Crippen LogP) is 5.84. The molecule has 32 heavy (non-hydrogen) atoms. The average molecular weight is 488 g/mol. The van der Waals surface area contributed by atoms with Gasteiger partial charge in [0.2, 0.25) is 0 Å². The molecule has 1 heterocycles. The van der Waals surface area contributed by atoms with Crippen LogP contribution in [0.15, 0.2) is 66.7 Å². The summed E-state index contributed by atoms with van der Waals surface area (Å²) in [7, 11) is 0. The third-order valence-corrected chi connectivity index (χ3v) is 6.42. The first kappa shape index (κ1) is 22.8. The van der Waals surface area contributed by atoms with Crippen LogP contribution in [0.3, 0.4) is 0 Å². The van der Waals surface area contributed by atoms with E-state index in [-0.39, 0.29) is 11.7 Å². The fourth-order valence-corrected chi connectivity index (χ4v) is 4.39. The smallest absolute Gasteiger partial charge is 0.254 e. The van der Waals surface area contributed by atoms with Gasteiger partial charge in [0, 0.05) is 58.9 Å². The SMILES string of the molecule is O=C(c1ccc(Cl)cc1)c1ccccc1C(=O)N1CCN(Cc2ccc(Cl)cc2Cl)CC1. The lowest BCUT2D eigenvalue weighted by molar-refractivity contribution is 0.0625. The van der Waals surface area contributed by atoms with E-state index in [9.17, 15) is 9.59 Å². The lowest BCUT2D eigenvalue weighted by Crippen LogP contribution is -2.48. The van der Waals surface area contributed by atoms with Crippen LogP contribution in [-0.4, -0.2) is 47.7 Å². The van der Waals surface area contributed by atoms with E-state index in [1.807, 2.05) is 12.1 Å². The second kappa shape index (κ2) is 10.1. The second-order valence-corrected chi connectivity index (χ2v) is 8.97. The van der Waals surface area contributed by atoms with Crippen molar-refractivity contribution in [3.63, 3.8) is 0 Å². The minimum absolute atomic E-state index is 0.132. The summed E-state index contributed by atoms with van der Waals surface area (Å²) in [5.74, 6) is -0.325. The Hall–Kier alpha value is -2.37. The van der Waals surface area contributed by atoms with Crippen LogP contribution in [0.4, 0.5) is 0 Å². The van der Waals surface area contributed by atoms with E-state index in [4.69, 9.17) is 34.8 Å². The third-order valence-electron chi connectivity index (χ3n) is 5.58. The van der Waals surface area contributed by atoms with Gasteiger partial charge in [-0.15, -0.1) is 0 Å². The Kier molecular flexibility index (Phi) is 7.17. The van der Waals surface area contributed by atoms with E-state index in [1.165, 1.54) is 0 Å². The normalized spacial score (nSPS) is 14.4. The molecule has 4 nitrogen and oxygen atoms in total. The topological polar surface area (TPSA) is 40.6 Å². The molecule has 0 aliphatic carbocycles. The summed E-state index contributed by atoms with van der Waals surface area (Å²) in [4.78, 5) is 30.4. The predicted molar refractivity (Wildman–Crippen MR) is 129 cm³/mol. The van der Waals surface area contributed by atoms with Gasteiger partial charge in [0.25, 0.3) is 5.91 Å². The first-order valence-corrected chi connectivity index (χ1v) is 11.4. The molecule has 1 fully saturated rings. The highest BCUT2D eigenvalue weighted by molar-refractivity contribution is 6.35. The van der Waals surface area contributed by atoms with Crippen molar-refractivity contribution in [1.29, 1.82) is 0 Å². The maximum absolute atomic E-state index is 13.3. The molecule has 3 aromatic carbocycles. The van der Waals surface area contributed by atoms with Crippen molar-refractivity contribution in [2.45, 2.75) is 6.54 Å².